The standard InChI is InChI=1S/C19H21N5O5S2/c1-5-28-18(27)15-11(3)16(12(4)25)31-17(15)20-13(26)9-30-19-22-21-14(29-19)8-24-7-6-10(2)23-24/h6-7H,5,8-9H2,1-4H3,(H,20,26). The minimum atomic E-state index is -0.581. The van der Waals surface area contributed by atoms with Crippen LogP contribution in [0.5, 0.6) is 0 Å². The number of carbonyl (C=O) groups is 3. The van der Waals surface area contributed by atoms with E-state index >= 15 is 0 Å². The first-order valence-corrected chi connectivity index (χ1v) is 11.1. The molecular formula is C19H21N5O5S2. The van der Waals surface area contributed by atoms with E-state index in [0.29, 0.717) is 22.9 Å². The molecule has 31 heavy (non-hydrogen) atoms. The number of anilines is 1. The minimum Gasteiger partial charge on any atom is -0.462 e. The summed E-state index contributed by atoms with van der Waals surface area (Å²) >= 11 is 2.12. The molecule has 0 saturated carbocycles. The molecule has 0 aliphatic heterocycles. The SMILES string of the molecule is CCOC(=O)c1c(NC(=O)CSc2nnc(Cn3ccc(C)n3)o2)sc(C(C)=O)c1C. The molecule has 0 aliphatic rings. The Morgan fingerprint density at radius 3 is 2.71 bits per heavy atom. The number of nitrogens with one attached hydrogen (secondary N) is 1. The minimum absolute atomic E-state index is 0.0167. The predicted molar refractivity (Wildman–Crippen MR) is 115 cm³/mol. The molecule has 1 amide bonds. The maximum Gasteiger partial charge on any atom is 0.341 e. The van der Waals surface area contributed by atoms with Crippen LogP contribution in [0, 0.1) is 13.8 Å². The zero-order valence-electron chi connectivity index (χ0n) is 17.4. The van der Waals surface area contributed by atoms with Crippen molar-refractivity contribution in [1.82, 2.24) is 20.0 Å². The van der Waals surface area contributed by atoms with Crippen molar-refractivity contribution in [3.63, 3.8) is 0 Å². The van der Waals surface area contributed by atoms with E-state index in [1.54, 1.807) is 24.7 Å². The van der Waals surface area contributed by atoms with E-state index < -0.39 is 5.97 Å². The lowest BCUT2D eigenvalue weighted by molar-refractivity contribution is -0.113. The molecule has 0 aromatic carbocycles. The Bertz CT molecular complexity index is 1120. The third-order valence-electron chi connectivity index (χ3n) is 4.05. The Balaban J connectivity index is 1.64. The van der Waals surface area contributed by atoms with Crippen LogP contribution >= 0.6 is 23.1 Å². The van der Waals surface area contributed by atoms with Crippen molar-refractivity contribution in [3.8, 4) is 0 Å². The highest BCUT2D eigenvalue weighted by Gasteiger charge is 2.25. The van der Waals surface area contributed by atoms with Crippen molar-refractivity contribution in [2.24, 2.45) is 0 Å². The number of aryl methyl sites for hydroxylation is 1. The maximum atomic E-state index is 12.4. The van der Waals surface area contributed by atoms with Gasteiger partial charge in [0.1, 0.15) is 11.5 Å². The highest BCUT2D eigenvalue weighted by atomic mass is 32.2. The molecule has 3 aromatic rings. The first-order valence-electron chi connectivity index (χ1n) is 9.35. The molecule has 0 fully saturated rings. The number of esters is 1. The Hall–Kier alpha value is -2.99. The van der Waals surface area contributed by atoms with Crippen LogP contribution in [0.15, 0.2) is 21.9 Å². The topological polar surface area (TPSA) is 129 Å². The van der Waals surface area contributed by atoms with E-state index in [1.807, 2.05) is 13.0 Å². The fraction of sp³-hybridized carbons (Fsp3) is 0.368. The molecule has 1 N–H and O–H groups in total. The molecular weight excluding hydrogens is 442 g/mol. The third-order valence-corrected chi connectivity index (χ3v) is 6.17. The Morgan fingerprint density at radius 2 is 2.06 bits per heavy atom. The quantitative estimate of drug-likeness (QED) is 0.289. The Labute approximate surface area is 186 Å². The van der Waals surface area contributed by atoms with Gasteiger partial charge in [-0.3, -0.25) is 14.3 Å². The molecule has 3 aromatic heterocycles. The zero-order chi connectivity index (χ0) is 22.5. The average Bonchev–Trinajstić information content (AvgIpc) is 3.40. The lowest BCUT2D eigenvalue weighted by Crippen LogP contribution is -2.16. The summed E-state index contributed by atoms with van der Waals surface area (Å²) in [5.41, 5.74) is 1.57. The smallest absolute Gasteiger partial charge is 0.341 e. The van der Waals surface area contributed by atoms with E-state index in [9.17, 15) is 14.4 Å². The number of carbonyl (C=O) groups excluding carboxylic acids is 3. The third kappa shape index (κ3) is 5.58. The van der Waals surface area contributed by atoms with Crippen molar-refractivity contribution in [2.45, 2.75) is 39.5 Å². The summed E-state index contributed by atoms with van der Waals surface area (Å²) in [6.07, 6.45) is 1.80. The Morgan fingerprint density at radius 1 is 1.29 bits per heavy atom. The molecule has 12 heteroatoms. The van der Waals surface area contributed by atoms with Gasteiger partial charge in [-0.25, -0.2) is 4.79 Å². The van der Waals surface area contributed by atoms with E-state index in [1.165, 1.54) is 6.92 Å². The van der Waals surface area contributed by atoms with Gasteiger partial charge in [0, 0.05) is 6.20 Å². The summed E-state index contributed by atoms with van der Waals surface area (Å²) in [4.78, 5) is 37.0. The number of nitrogens with zero attached hydrogens (tertiary/aromatic N) is 4. The molecule has 0 radical (unpaired) electrons. The fourth-order valence-electron chi connectivity index (χ4n) is 2.73. The molecule has 3 rings (SSSR count). The monoisotopic (exact) mass is 463 g/mol. The van der Waals surface area contributed by atoms with Gasteiger partial charge in [-0.2, -0.15) is 5.10 Å². The number of thiophene rings is 1. The predicted octanol–water partition coefficient (Wildman–Crippen LogP) is 3.10. The van der Waals surface area contributed by atoms with E-state index in [0.717, 1.165) is 28.8 Å². The van der Waals surface area contributed by atoms with Gasteiger partial charge in [-0.15, -0.1) is 21.5 Å². The molecule has 0 unspecified atom stereocenters. The summed E-state index contributed by atoms with van der Waals surface area (Å²) < 4.78 is 12.3. The molecule has 10 nitrogen and oxygen atoms in total. The van der Waals surface area contributed by atoms with E-state index in [2.05, 4.69) is 20.6 Å². The van der Waals surface area contributed by atoms with Crippen molar-refractivity contribution in [1.29, 1.82) is 0 Å². The van der Waals surface area contributed by atoms with Crippen LogP contribution in [0.4, 0.5) is 5.00 Å². The van der Waals surface area contributed by atoms with Gasteiger partial charge >= 0.3 is 5.97 Å². The number of amides is 1. The summed E-state index contributed by atoms with van der Waals surface area (Å²) in [5.74, 6) is -0.794. The van der Waals surface area contributed by atoms with Gasteiger partial charge < -0.3 is 14.5 Å². The number of rotatable bonds is 9. The number of Topliss-reactive ketones (excluding diaryl/α,β-unsaturated/α-hetero) is 1. The highest BCUT2D eigenvalue weighted by molar-refractivity contribution is 7.99. The average molecular weight is 464 g/mol. The molecule has 0 aliphatic carbocycles. The molecule has 3 heterocycles. The maximum absolute atomic E-state index is 12.4. The number of ether oxygens (including phenoxy) is 1. The first-order chi connectivity index (χ1) is 14.8. The lowest BCUT2D eigenvalue weighted by atomic mass is 10.1. The number of hydrogen-bond acceptors (Lipinski definition) is 10. The summed E-state index contributed by atoms with van der Waals surface area (Å²) in [6.45, 7) is 7.15. The molecule has 0 spiro atoms. The van der Waals surface area contributed by atoms with Crippen molar-refractivity contribution in [3.05, 3.63) is 39.9 Å². The van der Waals surface area contributed by atoms with Crippen LogP contribution in [0.2, 0.25) is 0 Å². The molecule has 0 atom stereocenters. The largest absolute Gasteiger partial charge is 0.462 e. The number of aromatic nitrogens is 4. The van der Waals surface area contributed by atoms with Crippen LogP contribution in [-0.2, 0) is 16.1 Å². The van der Waals surface area contributed by atoms with Crippen LogP contribution in [0.3, 0.4) is 0 Å². The first kappa shape index (κ1) is 22.7. The fourth-order valence-corrected chi connectivity index (χ4v) is 4.41. The van der Waals surface area contributed by atoms with Crippen LogP contribution in [-0.4, -0.2) is 50.0 Å². The van der Waals surface area contributed by atoms with Crippen LogP contribution < -0.4 is 5.32 Å². The van der Waals surface area contributed by atoms with Gasteiger partial charge in [0.25, 0.3) is 5.22 Å². The van der Waals surface area contributed by atoms with Crippen LogP contribution in [0.1, 0.15) is 51.0 Å². The second-order valence-electron chi connectivity index (χ2n) is 6.49. The summed E-state index contributed by atoms with van der Waals surface area (Å²) in [7, 11) is 0. The van der Waals surface area contributed by atoms with Crippen molar-refractivity contribution >= 4 is 45.8 Å². The second-order valence-corrected chi connectivity index (χ2v) is 8.44. The van der Waals surface area contributed by atoms with E-state index in [-0.39, 0.29) is 39.8 Å². The van der Waals surface area contributed by atoms with Crippen LogP contribution in [0.25, 0.3) is 0 Å². The molecule has 0 saturated heterocycles. The van der Waals surface area contributed by atoms with Gasteiger partial charge in [0.05, 0.1) is 28.5 Å². The summed E-state index contributed by atoms with van der Waals surface area (Å²) in [6, 6.07) is 1.87. The summed E-state index contributed by atoms with van der Waals surface area (Å²) in [5, 5.41) is 15.3. The van der Waals surface area contributed by atoms with E-state index in [4.69, 9.17) is 9.15 Å². The van der Waals surface area contributed by atoms with Gasteiger partial charge in [0.2, 0.25) is 11.8 Å². The zero-order valence-corrected chi connectivity index (χ0v) is 19.1. The highest BCUT2D eigenvalue weighted by Crippen LogP contribution is 2.34. The number of hydrogen-bond donors (Lipinski definition) is 1. The van der Waals surface area contributed by atoms with Gasteiger partial charge in [-0.05, 0) is 39.3 Å². The number of ketones is 1. The molecule has 164 valence electrons. The normalized spacial score (nSPS) is 10.8. The second kappa shape index (κ2) is 9.88. The molecule has 0 bridgehead atoms. The van der Waals surface area contributed by atoms with Crippen molar-refractivity contribution < 1.29 is 23.5 Å². The Kier molecular flexibility index (Phi) is 7.23. The van der Waals surface area contributed by atoms with Crippen molar-refractivity contribution in [2.75, 3.05) is 17.7 Å². The number of thioether (sulfide) groups is 1. The van der Waals surface area contributed by atoms with Gasteiger partial charge in [0.15, 0.2) is 5.78 Å². The van der Waals surface area contributed by atoms with Gasteiger partial charge in [-0.1, -0.05) is 11.8 Å². The lowest BCUT2D eigenvalue weighted by Gasteiger charge is -2.06.